The van der Waals surface area contributed by atoms with Crippen LogP contribution in [-0.4, -0.2) is 76.0 Å². The Hall–Kier alpha value is -0.890. The summed E-state index contributed by atoms with van der Waals surface area (Å²) in [5.41, 5.74) is 0.507. The number of rotatable bonds is 2. The SMILES string of the molecule is Cl.Cl.O=C(c1cn(C2CCNCC2)nn1)N1CCN2CCCCC2C1. The fraction of sp³-hybridized carbons (Fsp3) is 0.812. The first-order chi connectivity index (χ1) is 11.3. The number of carbonyl (C=O) groups excluding carboxylic acids is 1. The van der Waals surface area contributed by atoms with Crippen LogP contribution in [0, 0.1) is 0 Å². The summed E-state index contributed by atoms with van der Waals surface area (Å²) in [6, 6.07) is 0.918. The van der Waals surface area contributed by atoms with E-state index in [1.807, 2.05) is 15.8 Å². The smallest absolute Gasteiger partial charge is 0.276 e. The number of nitrogens with zero attached hydrogens (tertiary/aromatic N) is 5. The lowest BCUT2D eigenvalue weighted by Gasteiger charge is -2.43. The molecule has 4 rings (SSSR count). The van der Waals surface area contributed by atoms with E-state index in [-0.39, 0.29) is 30.7 Å². The molecule has 7 nitrogen and oxygen atoms in total. The topological polar surface area (TPSA) is 66.3 Å². The lowest BCUT2D eigenvalue weighted by Crippen LogP contribution is -2.56. The molecule has 25 heavy (non-hydrogen) atoms. The van der Waals surface area contributed by atoms with Crippen molar-refractivity contribution in [3.63, 3.8) is 0 Å². The van der Waals surface area contributed by atoms with E-state index in [1.165, 1.54) is 25.8 Å². The Kier molecular flexibility index (Phi) is 7.49. The molecule has 0 bridgehead atoms. The minimum absolute atomic E-state index is 0. The average Bonchev–Trinajstić information content (AvgIpc) is 3.11. The van der Waals surface area contributed by atoms with Gasteiger partial charge in [-0.1, -0.05) is 11.6 Å². The van der Waals surface area contributed by atoms with Crippen LogP contribution in [0.1, 0.15) is 48.6 Å². The highest BCUT2D eigenvalue weighted by atomic mass is 35.5. The normalized spacial score (nSPS) is 24.8. The van der Waals surface area contributed by atoms with Gasteiger partial charge in [-0.3, -0.25) is 9.69 Å². The highest BCUT2D eigenvalue weighted by Gasteiger charge is 2.32. The Morgan fingerprint density at radius 1 is 1.04 bits per heavy atom. The number of nitrogens with one attached hydrogen (secondary N) is 1. The number of aromatic nitrogens is 3. The zero-order valence-corrected chi connectivity index (χ0v) is 16.1. The van der Waals surface area contributed by atoms with Crippen molar-refractivity contribution in [1.29, 1.82) is 0 Å². The zero-order valence-electron chi connectivity index (χ0n) is 14.5. The fourth-order valence-corrected chi connectivity index (χ4v) is 4.13. The van der Waals surface area contributed by atoms with Crippen LogP contribution in [0.15, 0.2) is 6.20 Å². The van der Waals surface area contributed by atoms with E-state index < -0.39 is 0 Å². The van der Waals surface area contributed by atoms with Crippen LogP contribution in [0.4, 0.5) is 0 Å². The second-order valence-electron chi connectivity index (χ2n) is 7.00. The van der Waals surface area contributed by atoms with Gasteiger partial charge >= 0.3 is 0 Å². The van der Waals surface area contributed by atoms with Crippen molar-refractivity contribution in [3.05, 3.63) is 11.9 Å². The quantitative estimate of drug-likeness (QED) is 0.825. The monoisotopic (exact) mass is 390 g/mol. The van der Waals surface area contributed by atoms with Crippen LogP contribution in [0.3, 0.4) is 0 Å². The second kappa shape index (κ2) is 9.16. The van der Waals surface area contributed by atoms with E-state index in [9.17, 15) is 4.79 Å². The van der Waals surface area contributed by atoms with Crippen LogP contribution in [0.2, 0.25) is 0 Å². The van der Waals surface area contributed by atoms with Crippen molar-refractivity contribution in [3.8, 4) is 0 Å². The summed E-state index contributed by atoms with van der Waals surface area (Å²) >= 11 is 0. The summed E-state index contributed by atoms with van der Waals surface area (Å²) in [6.07, 6.45) is 7.76. The molecule has 1 unspecified atom stereocenters. The molecule has 3 saturated heterocycles. The summed E-state index contributed by atoms with van der Waals surface area (Å²) in [5, 5.41) is 11.7. The Labute approximate surface area is 161 Å². The molecule has 1 N–H and O–H groups in total. The molecule has 0 saturated carbocycles. The standard InChI is InChI=1S/C16H26N6O.2ClH/c23-16(21-10-9-20-8-2-1-3-14(20)11-21)15-12-22(19-18-15)13-4-6-17-7-5-13;;/h12-14,17H,1-11H2;2*1H. The lowest BCUT2D eigenvalue weighted by molar-refractivity contribution is 0.0368. The van der Waals surface area contributed by atoms with Crippen LogP contribution in [0.25, 0.3) is 0 Å². The molecule has 1 aromatic rings. The van der Waals surface area contributed by atoms with E-state index >= 15 is 0 Å². The van der Waals surface area contributed by atoms with Gasteiger partial charge in [0.05, 0.1) is 12.2 Å². The van der Waals surface area contributed by atoms with E-state index in [0.29, 0.717) is 17.8 Å². The van der Waals surface area contributed by atoms with Gasteiger partial charge in [-0.05, 0) is 45.3 Å². The fourth-order valence-electron chi connectivity index (χ4n) is 4.13. The predicted octanol–water partition coefficient (Wildman–Crippen LogP) is 1.36. The molecular weight excluding hydrogens is 363 g/mol. The minimum Gasteiger partial charge on any atom is -0.334 e. The van der Waals surface area contributed by atoms with Crippen molar-refractivity contribution in [2.45, 2.75) is 44.2 Å². The van der Waals surface area contributed by atoms with Gasteiger partial charge in [0.15, 0.2) is 5.69 Å². The molecule has 1 aromatic heterocycles. The minimum atomic E-state index is 0. The predicted molar refractivity (Wildman–Crippen MR) is 101 cm³/mol. The molecule has 4 heterocycles. The van der Waals surface area contributed by atoms with Crippen molar-refractivity contribution in [2.75, 3.05) is 39.3 Å². The number of fused-ring (bicyclic) bond motifs is 1. The molecule has 0 radical (unpaired) electrons. The van der Waals surface area contributed by atoms with Gasteiger partial charge in [-0.25, -0.2) is 4.68 Å². The van der Waals surface area contributed by atoms with Crippen LogP contribution >= 0.6 is 24.8 Å². The van der Waals surface area contributed by atoms with Gasteiger partial charge in [0.25, 0.3) is 5.91 Å². The van der Waals surface area contributed by atoms with E-state index in [0.717, 1.165) is 45.6 Å². The van der Waals surface area contributed by atoms with Crippen molar-refractivity contribution < 1.29 is 4.79 Å². The van der Waals surface area contributed by atoms with Crippen molar-refractivity contribution in [1.82, 2.24) is 30.1 Å². The van der Waals surface area contributed by atoms with E-state index in [2.05, 4.69) is 20.5 Å². The summed E-state index contributed by atoms with van der Waals surface area (Å²) < 4.78 is 1.89. The Morgan fingerprint density at radius 2 is 1.84 bits per heavy atom. The first-order valence-electron chi connectivity index (χ1n) is 8.97. The molecule has 142 valence electrons. The number of amides is 1. The third kappa shape index (κ3) is 4.45. The first kappa shape index (κ1) is 20.4. The average molecular weight is 391 g/mol. The molecule has 3 aliphatic heterocycles. The molecule has 1 amide bonds. The number of piperazine rings is 1. The third-order valence-electron chi connectivity index (χ3n) is 5.54. The second-order valence-corrected chi connectivity index (χ2v) is 7.00. The van der Waals surface area contributed by atoms with Gasteiger partial charge in [0.1, 0.15) is 0 Å². The van der Waals surface area contributed by atoms with Crippen molar-refractivity contribution >= 4 is 30.7 Å². The molecule has 0 spiro atoms. The summed E-state index contributed by atoms with van der Waals surface area (Å²) in [7, 11) is 0. The van der Waals surface area contributed by atoms with Gasteiger partial charge < -0.3 is 10.2 Å². The zero-order chi connectivity index (χ0) is 15.6. The van der Waals surface area contributed by atoms with Crippen LogP contribution < -0.4 is 5.32 Å². The highest BCUT2D eigenvalue weighted by molar-refractivity contribution is 5.92. The summed E-state index contributed by atoms with van der Waals surface area (Å²) in [4.78, 5) is 17.3. The Bertz CT molecular complexity index is 563. The molecule has 3 fully saturated rings. The number of piperidine rings is 2. The molecule has 9 heteroatoms. The largest absolute Gasteiger partial charge is 0.334 e. The molecule has 1 atom stereocenters. The van der Waals surface area contributed by atoms with Crippen LogP contribution in [-0.2, 0) is 0 Å². The third-order valence-corrected chi connectivity index (χ3v) is 5.54. The number of carbonyl (C=O) groups is 1. The lowest BCUT2D eigenvalue weighted by atomic mass is 9.99. The Balaban J connectivity index is 0.00000113. The van der Waals surface area contributed by atoms with Gasteiger partial charge in [-0.15, -0.1) is 29.9 Å². The highest BCUT2D eigenvalue weighted by Crippen LogP contribution is 2.22. The molecular formula is C16H28Cl2N6O. The molecule has 3 aliphatic rings. The van der Waals surface area contributed by atoms with Gasteiger partial charge in [-0.2, -0.15) is 0 Å². The van der Waals surface area contributed by atoms with E-state index in [1.54, 1.807) is 0 Å². The Morgan fingerprint density at radius 3 is 2.64 bits per heavy atom. The van der Waals surface area contributed by atoms with Gasteiger partial charge in [0, 0.05) is 25.7 Å². The summed E-state index contributed by atoms with van der Waals surface area (Å²) in [5.74, 6) is 0.0513. The first-order valence-corrected chi connectivity index (χ1v) is 8.97. The maximum Gasteiger partial charge on any atom is 0.276 e. The maximum absolute atomic E-state index is 12.7. The van der Waals surface area contributed by atoms with Crippen LogP contribution in [0.5, 0.6) is 0 Å². The number of hydrogen-bond donors (Lipinski definition) is 1. The maximum atomic E-state index is 12.7. The molecule has 0 aliphatic carbocycles. The summed E-state index contributed by atoms with van der Waals surface area (Å²) in [6.45, 7) is 5.88. The van der Waals surface area contributed by atoms with E-state index in [4.69, 9.17) is 0 Å². The number of halogens is 2. The van der Waals surface area contributed by atoms with Crippen molar-refractivity contribution in [2.24, 2.45) is 0 Å². The number of hydrogen-bond acceptors (Lipinski definition) is 5. The van der Waals surface area contributed by atoms with Gasteiger partial charge in [0.2, 0.25) is 0 Å². The molecule has 0 aromatic carbocycles.